The van der Waals surface area contributed by atoms with Gasteiger partial charge in [0.1, 0.15) is 0 Å². The highest BCUT2D eigenvalue weighted by Gasteiger charge is 2.12. The van der Waals surface area contributed by atoms with Gasteiger partial charge in [-0.15, -0.1) is 11.6 Å². The van der Waals surface area contributed by atoms with Crippen LogP contribution in [0, 0.1) is 5.92 Å². The Morgan fingerprint density at radius 2 is 2.07 bits per heavy atom. The van der Waals surface area contributed by atoms with E-state index in [0.29, 0.717) is 12.5 Å². The molecule has 1 fully saturated rings. The van der Waals surface area contributed by atoms with Crippen molar-refractivity contribution in [3.63, 3.8) is 0 Å². The minimum absolute atomic E-state index is 0.583. The summed E-state index contributed by atoms with van der Waals surface area (Å²) in [4.78, 5) is 0. The van der Waals surface area contributed by atoms with Crippen LogP contribution in [0.2, 0.25) is 0 Å². The number of nitrogens with one attached hydrogen (secondary N) is 1. The molecule has 1 heterocycles. The molecule has 4 heteroatoms. The second kappa shape index (κ2) is 8.48. The van der Waals surface area contributed by atoms with Crippen LogP contribution in [0.5, 0.6) is 0 Å². The highest BCUT2D eigenvalue weighted by molar-refractivity contribution is 6.17. The van der Waals surface area contributed by atoms with Crippen LogP contribution in [0.25, 0.3) is 0 Å². The standard InChI is InChI=1S/C10H20ClNO2/c11-3-7-14-8-4-12-9-10-1-5-13-6-2-10/h10,12H,1-9H2. The summed E-state index contributed by atoms with van der Waals surface area (Å²) in [5.74, 6) is 1.37. The summed E-state index contributed by atoms with van der Waals surface area (Å²) < 4.78 is 10.5. The predicted octanol–water partition coefficient (Wildman–Crippen LogP) is 1.26. The lowest BCUT2D eigenvalue weighted by Crippen LogP contribution is -2.30. The Kier molecular flexibility index (Phi) is 7.41. The Labute approximate surface area is 91.1 Å². The van der Waals surface area contributed by atoms with Crippen molar-refractivity contribution in [1.29, 1.82) is 0 Å². The fourth-order valence-electron chi connectivity index (χ4n) is 1.56. The summed E-state index contributed by atoms with van der Waals surface area (Å²) in [5, 5.41) is 3.39. The molecule has 1 rings (SSSR count). The van der Waals surface area contributed by atoms with E-state index in [9.17, 15) is 0 Å². The van der Waals surface area contributed by atoms with Crippen LogP contribution in [0.3, 0.4) is 0 Å². The number of ether oxygens (including phenoxy) is 2. The monoisotopic (exact) mass is 221 g/mol. The van der Waals surface area contributed by atoms with Gasteiger partial charge in [0.2, 0.25) is 0 Å². The van der Waals surface area contributed by atoms with Crippen LogP contribution in [0.1, 0.15) is 12.8 Å². The number of hydrogen-bond acceptors (Lipinski definition) is 3. The lowest BCUT2D eigenvalue weighted by atomic mass is 10.0. The zero-order chi connectivity index (χ0) is 10.1. The van der Waals surface area contributed by atoms with Gasteiger partial charge >= 0.3 is 0 Å². The summed E-state index contributed by atoms with van der Waals surface area (Å²) in [7, 11) is 0. The highest BCUT2D eigenvalue weighted by atomic mass is 35.5. The minimum Gasteiger partial charge on any atom is -0.381 e. The molecule has 1 aliphatic rings. The van der Waals surface area contributed by atoms with Crippen molar-refractivity contribution in [2.75, 3.05) is 45.4 Å². The van der Waals surface area contributed by atoms with Gasteiger partial charge in [-0.1, -0.05) is 0 Å². The second-order valence-corrected chi connectivity index (χ2v) is 3.94. The summed E-state index contributed by atoms with van der Waals surface area (Å²) in [5.41, 5.74) is 0. The van der Waals surface area contributed by atoms with E-state index in [1.807, 2.05) is 0 Å². The molecule has 0 amide bonds. The first-order valence-corrected chi connectivity index (χ1v) is 5.89. The molecular formula is C10H20ClNO2. The SMILES string of the molecule is ClCCOCCNCC1CCOCC1. The van der Waals surface area contributed by atoms with Gasteiger partial charge in [-0.25, -0.2) is 0 Å². The number of rotatable bonds is 7. The van der Waals surface area contributed by atoms with E-state index in [-0.39, 0.29) is 0 Å². The second-order valence-electron chi connectivity index (χ2n) is 3.56. The molecule has 0 aliphatic carbocycles. The molecule has 0 atom stereocenters. The van der Waals surface area contributed by atoms with E-state index >= 15 is 0 Å². The van der Waals surface area contributed by atoms with Crippen molar-refractivity contribution in [2.45, 2.75) is 12.8 Å². The average Bonchev–Trinajstić information content (AvgIpc) is 2.25. The van der Waals surface area contributed by atoms with Crippen molar-refractivity contribution in [3.05, 3.63) is 0 Å². The lowest BCUT2D eigenvalue weighted by molar-refractivity contribution is 0.0653. The Morgan fingerprint density at radius 3 is 2.79 bits per heavy atom. The summed E-state index contributed by atoms with van der Waals surface area (Å²) in [6.07, 6.45) is 2.38. The molecule has 0 bridgehead atoms. The lowest BCUT2D eigenvalue weighted by Gasteiger charge is -2.22. The van der Waals surface area contributed by atoms with E-state index in [1.54, 1.807) is 0 Å². The van der Waals surface area contributed by atoms with Crippen molar-refractivity contribution in [1.82, 2.24) is 5.32 Å². The van der Waals surface area contributed by atoms with Gasteiger partial charge in [0, 0.05) is 25.6 Å². The highest BCUT2D eigenvalue weighted by Crippen LogP contribution is 2.12. The van der Waals surface area contributed by atoms with Gasteiger partial charge in [-0.05, 0) is 25.3 Å². The van der Waals surface area contributed by atoms with Crippen molar-refractivity contribution < 1.29 is 9.47 Å². The van der Waals surface area contributed by atoms with Crippen LogP contribution in [0.15, 0.2) is 0 Å². The van der Waals surface area contributed by atoms with Crippen LogP contribution >= 0.6 is 11.6 Å². The molecule has 0 aromatic heterocycles. The molecule has 0 spiro atoms. The maximum atomic E-state index is 5.48. The minimum atomic E-state index is 0.583. The molecule has 1 saturated heterocycles. The van der Waals surface area contributed by atoms with Crippen LogP contribution < -0.4 is 5.32 Å². The average molecular weight is 222 g/mol. The van der Waals surface area contributed by atoms with Crippen molar-refractivity contribution in [2.24, 2.45) is 5.92 Å². The first kappa shape index (κ1) is 12.2. The number of alkyl halides is 1. The Morgan fingerprint density at radius 1 is 1.29 bits per heavy atom. The van der Waals surface area contributed by atoms with Gasteiger partial charge in [0.05, 0.1) is 13.2 Å². The third-order valence-electron chi connectivity index (χ3n) is 2.42. The maximum Gasteiger partial charge on any atom is 0.0602 e. The molecule has 1 N–H and O–H groups in total. The Hall–Kier alpha value is 0.170. The third-order valence-corrected chi connectivity index (χ3v) is 2.57. The summed E-state index contributed by atoms with van der Waals surface area (Å²) >= 11 is 5.48. The Bertz CT molecular complexity index is 129. The third kappa shape index (κ3) is 5.81. The summed E-state index contributed by atoms with van der Waals surface area (Å²) in [6.45, 7) is 5.28. The molecule has 0 unspecified atom stereocenters. The molecule has 84 valence electrons. The van der Waals surface area contributed by atoms with Crippen LogP contribution in [-0.4, -0.2) is 45.4 Å². The normalized spacial score (nSPS) is 18.6. The molecule has 0 radical (unpaired) electrons. The van der Waals surface area contributed by atoms with Crippen LogP contribution in [0.4, 0.5) is 0 Å². The molecule has 0 saturated carbocycles. The van der Waals surface area contributed by atoms with Gasteiger partial charge in [-0.2, -0.15) is 0 Å². The fraction of sp³-hybridized carbons (Fsp3) is 1.00. The van der Waals surface area contributed by atoms with Crippen LogP contribution in [-0.2, 0) is 9.47 Å². The molecular weight excluding hydrogens is 202 g/mol. The number of halogens is 1. The zero-order valence-corrected chi connectivity index (χ0v) is 9.39. The molecule has 3 nitrogen and oxygen atoms in total. The van der Waals surface area contributed by atoms with Gasteiger partial charge in [0.15, 0.2) is 0 Å². The van der Waals surface area contributed by atoms with E-state index in [4.69, 9.17) is 21.1 Å². The van der Waals surface area contributed by atoms with E-state index in [2.05, 4.69) is 5.32 Å². The topological polar surface area (TPSA) is 30.5 Å². The quantitative estimate of drug-likeness (QED) is 0.519. The molecule has 14 heavy (non-hydrogen) atoms. The maximum absolute atomic E-state index is 5.48. The van der Waals surface area contributed by atoms with Gasteiger partial charge < -0.3 is 14.8 Å². The fourth-order valence-corrected chi connectivity index (χ4v) is 1.67. The van der Waals surface area contributed by atoms with E-state index in [0.717, 1.165) is 38.8 Å². The predicted molar refractivity (Wildman–Crippen MR) is 58.0 cm³/mol. The Balaban J connectivity index is 1.82. The molecule has 0 aromatic rings. The first-order chi connectivity index (χ1) is 6.93. The largest absolute Gasteiger partial charge is 0.381 e. The summed E-state index contributed by atoms with van der Waals surface area (Å²) in [6, 6.07) is 0. The van der Waals surface area contributed by atoms with Crippen molar-refractivity contribution >= 4 is 11.6 Å². The molecule has 1 aliphatic heterocycles. The van der Waals surface area contributed by atoms with Gasteiger partial charge in [-0.3, -0.25) is 0 Å². The van der Waals surface area contributed by atoms with E-state index < -0.39 is 0 Å². The smallest absolute Gasteiger partial charge is 0.0602 e. The number of hydrogen-bond donors (Lipinski definition) is 1. The van der Waals surface area contributed by atoms with Gasteiger partial charge in [0.25, 0.3) is 0 Å². The van der Waals surface area contributed by atoms with Crippen molar-refractivity contribution in [3.8, 4) is 0 Å². The van der Waals surface area contributed by atoms with E-state index in [1.165, 1.54) is 12.8 Å². The zero-order valence-electron chi connectivity index (χ0n) is 8.64. The molecule has 0 aromatic carbocycles. The first-order valence-electron chi connectivity index (χ1n) is 5.35.